The molecule has 0 aromatic heterocycles. The highest BCUT2D eigenvalue weighted by molar-refractivity contribution is 5.71. The molecule has 0 aromatic rings. The number of carbonyl (C=O) groups is 3. The van der Waals surface area contributed by atoms with E-state index in [1.54, 1.807) is 0 Å². The minimum atomic E-state index is -0.815. The number of hydrogen-bond donors (Lipinski definition) is 0. The third-order valence-electron chi connectivity index (χ3n) is 12.1. The molecule has 0 saturated heterocycles. The molecule has 0 fully saturated rings. The van der Waals surface area contributed by atoms with Gasteiger partial charge in [-0.15, -0.1) is 0 Å². The molecular weight excluding hydrogens is 853 g/mol. The van der Waals surface area contributed by atoms with Gasteiger partial charge in [0.05, 0.1) is 0 Å². The van der Waals surface area contributed by atoms with Crippen LogP contribution in [0.2, 0.25) is 0 Å². The van der Waals surface area contributed by atoms with Crippen molar-refractivity contribution in [1.82, 2.24) is 0 Å². The lowest BCUT2D eigenvalue weighted by Crippen LogP contribution is -2.30. The molecule has 1 atom stereocenters. The highest BCUT2D eigenvalue weighted by atomic mass is 16.6. The van der Waals surface area contributed by atoms with E-state index in [1.807, 2.05) is 0 Å². The Morgan fingerprint density at radius 1 is 0.304 bits per heavy atom. The highest BCUT2D eigenvalue weighted by Gasteiger charge is 2.19. The van der Waals surface area contributed by atoms with E-state index in [1.165, 1.54) is 122 Å². The molecule has 0 amide bonds. The first-order chi connectivity index (χ1) is 34.0. The van der Waals surface area contributed by atoms with Crippen LogP contribution in [0.4, 0.5) is 0 Å². The molecule has 0 aliphatic carbocycles. The highest BCUT2D eigenvalue weighted by Crippen LogP contribution is 2.15. The van der Waals surface area contributed by atoms with Crippen molar-refractivity contribution in [1.29, 1.82) is 0 Å². The topological polar surface area (TPSA) is 78.9 Å². The number of carbonyl (C=O) groups excluding carboxylic acids is 3. The largest absolute Gasteiger partial charge is 0.462 e. The van der Waals surface area contributed by atoms with Crippen molar-refractivity contribution in [2.45, 2.75) is 271 Å². The molecule has 0 N–H and O–H groups in total. The van der Waals surface area contributed by atoms with E-state index >= 15 is 0 Å². The number of unbranched alkanes of at least 4 members (excludes halogenated alkanes) is 24. The Balaban J connectivity index is 4.52. The van der Waals surface area contributed by atoms with Crippen molar-refractivity contribution < 1.29 is 28.6 Å². The second-order valence-corrected chi connectivity index (χ2v) is 18.8. The van der Waals surface area contributed by atoms with Crippen molar-refractivity contribution in [3.63, 3.8) is 0 Å². The number of allylic oxidation sites excluding steroid dienone is 16. The summed E-state index contributed by atoms with van der Waals surface area (Å²) in [5.74, 6) is -0.988. The van der Waals surface area contributed by atoms with Gasteiger partial charge in [-0.25, -0.2) is 0 Å². The minimum absolute atomic E-state index is 0.105. The molecule has 394 valence electrons. The van der Waals surface area contributed by atoms with Crippen LogP contribution >= 0.6 is 0 Å². The van der Waals surface area contributed by atoms with Gasteiger partial charge in [0, 0.05) is 19.3 Å². The maximum Gasteiger partial charge on any atom is 0.306 e. The van der Waals surface area contributed by atoms with E-state index in [2.05, 4.69) is 118 Å². The Kier molecular flexibility index (Phi) is 53.9. The first-order valence-electron chi connectivity index (χ1n) is 28.7. The van der Waals surface area contributed by atoms with Crippen LogP contribution in [0.25, 0.3) is 0 Å². The number of esters is 3. The fourth-order valence-corrected chi connectivity index (χ4v) is 7.78. The predicted octanol–water partition coefficient (Wildman–Crippen LogP) is 19.3. The Hall–Kier alpha value is -3.67. The molecule has 0 radical (unpaired) electrons. The van der Waals surface area contributed by atoms with E-state index in [0.29, 0.717) is 19.3 Å². The van der Waals surface area contributed by atoms with Gasteiger partial charge in [-0.3, -0.25) is 14.4 Å². The summed E-state index contributed by atoms with van der Waals surface area (Å²) in [4.78, 5) is 38.1. The number of hydrogen-bond acceptors (Lipinski definition) is 6. The van der Waals surface area contributed by atoms with Gasteiger partial charge in [0.15, 0.2) is 6.10 Å². The predicted molar refractivity (Wildman–Crippen MR) is 297 cm³/mol. The van der Waals surface area contributed by atoms with Gasteiger partial charge < -0.3 is 14.2 Å². The monoisotopic (exact) mass is 959 g/mol. The Morgan fingerprint density at radius 2 is 0.580 bits per heavy atom. The molecule has 0 unspecified atom stereocenters. The van der Waals surface area contributed by atoms with Crippen LogP contribution < -0.4 is 0 Å². The zero-order valence-electron chi connectivity index (χ0n) is 45.0. The molecular formula is C63H106O6. The third kappa shape index (κ3) is 55.1. The molecule has 0 rings (SSSR count). The van der Waals surface area contributed by atoms with Crippen LogP contribution in [0, 0.1) is 0 Å². The van der Waals surface area contributed by atoms with Crippen LogP contribution in [0.3, 0.4) is 0 Å². The number of ether oxygens (including phenoxy) is 3. The summed E-state index contributed by atoms with van der Waals surface area (Å²) >= 11 is 0. The molecule has 0 aliphatic rings. The maximum absolute atomic E-state index is 12.8. The van der Waals surface area contributed by atoms with Crippen molar-refractivity contribution in [2.24, 2.45) is 0 Å². The van der Waals surface area contributed by atoms with Crippen molar-refractivity contribution in [2.75, 3.05) is 13.2 Å². The fourth-order valence-electron chi connectivity index (χ4n) is 7.78. The molecule has 0 heterocycles. The van der Waals surface area contributed by atoms with Crippen LogP contribution in [0.1, 0.15) is 265 Å². The van der Waals surface area contributed by atoms with E-state index < -0.39 is 6.10 Å². The lowest BCUT2D eigenvalue weighted by atomic mass is 10.0. The second kappa shape index (κ2) is 56.9. The van der Waals surface area contributed by atoms with Crippen molar-refractivity contribution in [3.05, 3.63) is 97.2 Å². The van der Waals surface area contributed by atoms with E-state index in [-0.39, 0.29) is 44.0 Å². The molecule has 69 heavy (non-hydrogen) atoms. The smallest absolute Gasteiger partial charge is 0.306 e. The van der Waals surface area contributed by atoms with Gasteiger partial charge in [-0.2, -0.15) is 0 Å². The molecule has 0 aliphatic heterocycles. The van der Waals surface area contributed by atoms with Gasteiger partial charge in [-0.05, 0) is 96.3 Å². The summed E-state index contributed by atoms with van der Waals surface area (Å²) in [6, 6.07) is 0. The Bertz CT molecular complexity index is 1380. The average molecular weight is 960 g/mol. The van der Waals surface area contributed by atoms with E-state index in [4.69, 9.17) is 14.2 Å². The summed E-state index contributed by atoms with van der Waals surface area (Å²) in [7, 11) is 0. The summed E-state index contributed by atoms with van der Waals surface area (Å²) in [5, 5.41) is 0. The molecule has 0 spiro atoms. The van der Waals surface area contributed by atoms with Crippen molar-refractivity contribution in [3.8, 4) is 0 Å². The van der Waals surface area contributed by atoms with Gasteiger partial charge in [-0.1, -0.05) is 246 Å². The SMILES string of the molecule is CC/C=C\C/C=C\C/C=C\C/C=C\C/C=C\CCCCCC(=O)O[C@H](COC(=O)CCC/C=C\C/C=C\C/C=C\CCCCCCCC)COC(=O)CCCCCCCCCCCCCCCCC. The maximum atomic E-state index is 12.8. The van der Waals surface area contributed by atoms with Crippen LogP contribution in [-0.2, 0) is 28.6 Å². The summed E-state index contributed by atoms with van der Waals surface area (Å²) < 4.78 is 16.8. The minimum Gasteiger partial charge on any atom is -0.462 e. The van der Waals surface area contributed by atoms with Gasteiger partial charge in [0.2, 0.25) is 0 Å². The Labute approximate surface area is 426 Å². The first-order valence-corrected chi connectivity index (χ1v) is 28.7. The van der Waals surface area contributed by atoms with Crippen LogP contribution in [0.15, 0.2) is 97.2 Å². The molecule has 6 nitrogen and oxygen atoms in total. The molecule has 0 bridgehead atoms. The standard InChI is InChI=1S/C63H106O6/c1-4-7-10-13-16-19-22-25-28-30-31-33-36-39-42-45-48-51-54-57-63(66)69-60(58-67-61(64)55-52-49-46-43-40-37-34-27-24-21-18-15-12-9-6-3)59-68-62(65)56-53-50-47-44-41-38-35-32-29-26-23-20-17-14-11-8-5-2/h7,10,16,19,25-26,28-29,31,33,35,38-39,42,44,47,60H,4-6,8-9,11-15,17-18,20-24,27,30,32,34,36-37,40-41,43,45-46,48-59H2,1-3H3/b10-7-,19-16-,28-25-,29-26-,33-31-,38-35-,42-39-,47-44-/t60-/m0/s1. The Morgan fingerprint density at radius 3 is 0.957 bits per heavy atom. The first kappa shape index (κ1) is 65.3. The van der Waals surface area contributed by atoms with Crippen molar-refractivity contribution >= 4 is 17.9 Å². The van der Waals surface area contributed by atoms with Crippen LogP contribution in [0.5, 0.6) is 0 Å². The second-order valence-electron chi connectivity index (χ2n) is 18.8. The zero-order chi connectivity index (χ0) is 50.0. The number of rotatable bonds is 51. The third-order valence-corrected chi connectivity index (χ3v) is 12.1. The summed E-state index contributed by atoms with van der Waals surface area (Å²) in [6.07, 6.45) is 75.4. The normalized spacial score (nSPS) is 12.8. The fraction of sp³-hybridized carbons (Fsp3) is 0.698. The lowest BCUT2D eigenvalue weighted by Gasteiger charge is -2.18. The van der Waals surface area contributed by atoms with Gasteiger partial charge in [0.25, 0.3) is 0 Å². The van der Waals surface area contributed by atoms with Gasteiger partial charge >= 0.3 is 17.9 Å². The molecule has 0 saturated carbocycles. The lowest BCUT2D eigenvalue weighted by molar-refractivity contribution is -0.167. The summed E-state index contributed by atoms with van der Waals surface area (Å²) in [6.45, 7) is 6.46. The zero-order valence-corrected chi connectivity index (χ0v) is 45.0. The van der Waals surface area contributed by atoms with Crippen LogP contribution in [-0.4, -0.2) is 37.2 Å². The average Bonchev–Trinajstić information content (AvgIpc) is 3.35. The van der Waals surface area contributed by atoms with Gasteiger partial charge in [0.1, 0.15) is 13.2 Å². The van der Waals surface area contributed by atoms with E-state index in [0.717, 1.165) is 89.9 Å². The summed E-state index contributed by atoms with van der Waals surface area (Å²) in [5.41, 5.74) is 0. The molecule has 0 aromatic carbocycles. The van der Waals surface area contributed by atoms with E-state index in [9.17, 15) is 14.4 Å². The quantitative estimate of drug-likeness (QED) is 0.0262. The molecule has 6 heteroatoms.